The summed E-state index contributed by atoms with van der Waals surface area (Å²) in [6, 6.07) is 7.65. The molecule has 0 radical (unpaired) electrons. The summed E-state index contributed by atoms with van der Waals surface area (Å²) < 4.78 is 6.01. The smallest absolute Gasteiger partial charge is 0.263 e. The number of hydrogen-bond donors (Lipinski definition) is 3. The molecule has 0 aliphatic carbocycles. The van der Waals surface area contributed by atoms with Gasteiger partial charge in [0.2, 0.25) is 0 Å². The van der Waals surface area contributed by atoms with Gasteiger partial charge in [-0.2, -0.15) is 0 Å². The van der Waals surface area contributed by atoms with Gasteiger partial charge in [0.05, 0.1) is 22.4 Å². The monoisotopic (exact) mass is 457 g/mol. The molecule has 162 valence electrons. The van der Waals surface area contributed by atoms with E-state index in [2.05, 4.69) is 20.5 Å². The number of nitrogens with one attached hydrogen (secondary N) is 2. The van der Waals surface area contributed by atoms with Crippen molar-refractivity contribution in [2.45, 2.75) is 19.4 Å². The van der Waals surface area contributed by atoms with Crippen LogP contribution in [0.3, 0.4) is 0 Å². The number of ether oxygens (including phenoxy) is 1. The van der Waals surface area contributed by atoms with Gasteiger partial charge in [-0.15, -0.1) is 11.3 Å². The molecule has 1 amide bonds. The van der Waals surface area contributed by atoms with Gasteiger partial charge in [0, 0.05) is 43.3 Å². The Balaban J connectivity index is 1.32. The van der Waals surface area contributed by atoms with Crippen molar-refractivity contribution in [3.63, 3.8) is 0 Å². The van der Waals surface area contributed by atoms with Crippen LogP contribution in [0.4, 0.5) is 11.4 Å². The number of anilines is 2. The van der Waals surface area contributed by atoms with Crippen molar-refractivity contribution in [1.29, 1.82) is 0 Å². The van der Waals surface area contributed by atoms with Gasteiger partial charge in [0.25, 0.3) is 5.91 Å². The van der Waals surface area contributed by atoms with Crippen molar-refractivity contribution in [3.05, 3.63) is 45.4 Å². The molecule has 1 fully saturated rings. The van der Waals surface area contributed by atoms with Gasteiger partial charge in [-0.3, -0.25) is 4.79 Å². The second-order valence-electron chi connectivity index (χ2n) is 7.98. The van der Waals surface area contributed by atoms with Crippen molar-refractivity contribution >= 4 is 50.4 Å². The summed E-state index contributed by atoms with van der Waals surface area (Å²) in [5, 5.41) is 7.95. The molecule has 7 nitrogen and oxygen atoms in total. The number of thiophene rings is 1. The molecule has 2 aliphatic heterocycles. The lowest BCUT2D eigenvalue weighted by Crippen LogP contribution is -2.44. The Kier molecular flexibility index (Phi) is 5.37. The zero-order chi connectivity index (χ0) is 21.5. The van der Waals surface area contributed by atoms with Crippen LogP contribution in [0.2, 0.25) is 5.02 Å². The van der Waals surface area contributed by atoms with Crippen molar-refractivity contribution in [3.8, 4) is 5.75 Å². The first-order chi connectivity index (χ1) is 15.0. The van der Waals surface area contributed by atoms with Gasteiger partial charge in [-0.1, -0.05) is 11.6 Å². The van der Waals surface area contributed by atoms with Crippen LogP contribution < -0.4 is 26.0 Å². The number of amides is 1. The zero-order valence-corrected chi connectivity index (χ0v) is 18.8. The summed E-state index contributed by atoms with van der Waals surface area (Å²) in [7, 11) is 0. The minimum atomic E-state index is -0.196. The average molecular weight is 458 g/mol. The van der Waals surface area contributed by atoms with Crippen molar-refractivity contribution < 1.29 is 9.53 Å². The Labute approximate surface area is 189 Å². The summed E-state index contributed by atoms with van der Waals surface area (Å²) in [5.74, 6) is 0.642. The largest absolute Gasteiger partial charge is 0.491 e. The molecule has 0 saturated carbocycles. The lowest BCUT2D eigenvalue weighted by atomic mass is 10.0. The predicted molar refractivity (Wildman–Crippen MR) is 126 cm³/mol. The standard InChI is InChI=1S/C22H24ClN5O2S/c1-12-2-3-15-19(24)20(31-22(15)26-12)21(29)27-14-8-13-9-16(23)17(10-18(13)30-11-14)28-6-4-25-5-7-28/h2-3,9-10,14,25H,4-8,11,24H2,1H3,(H,27,29)/t14-/m1/s1. The minimum Gasteiger partial charge on any atom is -0.491 e. The molecule has 1 atom stereocenters. The third-order valence-electron chi connectivity index (χ3n) is 5.77. The molecule has 4 heterocycles. The Morgan fingerprint density at radius 2 is 2.16 bits per heavy atom. The highest BCUT2D eigenvalue weighted by atomic mass is 35.5. The molecule has 9 heteroatoms. The lowest BCUT2D eigenvalue weighted by Gasteiger charge is -2.32. The lowest BCUT2D eigenvalue weighted by molar-refractivity contribution is 0.0920. The van der Waals surface area contributed by atoms with Gasteiger partial charge in [0.1, 0.15) is 22.1 Å². The van der Waals surface area contributed by atoms with Gasteiger partial charge in [-0.25, -0.2) is 4.98 Å². The first-order valence-corrected chi connectivity index (χ1v) is 11.6. The Morgan fingerprint density at radius 3 is 2.97 bits per heavy atom. The number of aryl methyl sites for hydroxylation is 1. The Morgan fingerprint density at radius 1 is 1.35 bits per heavy atom. The van der Waals surface area contributed by atoms with Crippen LogP contribution in [-0.2, 0) is 6.42 Å². The number of piperazine rings is 1. The highest BCUT2D eigenvalue weighted by Gasteiger charge is 2.26. The van der Waals surface area contributed by atoms with Gasteiger partial charge < -0.3 is 26.0 Å². The number of fused-ring (bicyclic) bond motifs is 2. The number of nitrogen functional groups attached to an aromatic ring is 1. The molecule has 0 spiro atoms. The topological polar surface area (TPSA) is 92.5 Å². The molecule has 0 bridgehead atoms. The van der Waals surface area contributed by atoms with E-state index >= 15 is 0 Å². The number of carbonyl (C=O) groups is 1. The third-order valence-corrected chi connectivity index (χ3v) is 7.19. The van der Waals surface area contributed by atoms with Crippen LogP contribution in [-0.4, -0.2) is 49.7 Å². The van der Waals surface area contributed by atoms with Crippen LogP contribution in [0.5, 0.6) is 5.75 Å². The van der Waals surface area contributed by atoms with E-state index in [4.69, 9.17) is 22.1 Å². The highest BCUT2D eigenvalue weighted by Crippen LogP contribution is 2.37. The van der Waals surface area contributed by atoms with Crippen LogP contribution in [0.1, 0.15) is 20.9 Å². The number of benzene rings is 1. The molecule has 1 aromatic carbocycles. The fourth-order valence-electron chi connectivity index (χ4n) is 4.14. The number of rotatable bonds is 3. The second-order valence-corrected chi connectivity index (χ2v) is 9.39. The van der Waals surface area contributed by atoms with E-state index in [-0.39, 0.29) is 11.9 Å². The minimum absolute atomic E-state index is 0.152. The quantitative estimate of drug-likeness (QED) is 0.560. The summed E-state index contributed by atoms with van der Waals surface area (Å²) in [6.45, 7) is 6.05. The molecule has 31 heavy (non-hydrogen) atoms. The van der Waals surface area contributed by atoms with Gasteiger partial charge in [-0.05, 0) is 37.1 Å². The summed E-state index contributed by atoms with van der Waals surface area (Å²) in [5.41, 5.74) is 9.61. The molecule has 1 saturated heterocycles. The molecule has 2 aromatic heterocycles. The highest BCUT2D eigenvalue weighted by molar-refractivity contribution is 7.21. The molecular weight excluding hydrogens is 434 g/mol. The van der Waals surface area contributed by atoms with E-state index in [0.717, 1.165) is 59.1 Å². The fraction of sp³-hybridized carbons (Fsp3) is 0.364. The number of hydrogen-bond acceptors (Lipinski definition) is 7. The van der Waals surface area contributed by atoms with E-state index in [1.54, 1.807) is 0 Å². The van der Waals surface area contributed by atoms with Crippen LogP contribution in [0, 0.1) is 6.92 Å². The molecule has 2 aliphatic rings. The van der Waals surface area contributed by atoms with Crippen LogP contribution in [0.25, 0.3) is 10.2 Å². The molecule has 0 unspecified atom stereocenters. The van der Waals surface area contributed by atoms with Crippen molar-refractivity contribution in [1.82, 2.24) is 15.6 Å². The third kappa shape index (κ3) is 3.91. The predicted octanol–water partition coefficient (Wildman–Crippen LogP) is 2.98. The van der Waals surface area contributed by atoms with E-state index < -0.39 is 0 Å². The maximum atomic E-state index is 12.9. The normalized spacial score (nSPS) is 18.5. The molecular formula is C22H24ClN5O2S. The van der Waals surface area contributed by atoms with Crippen molar-refractivity contribution in [2.24, 2.45) is 0 Å². The maximum absolute atomic E-state index is 12.9. The Bertz CT molecular complexity index is 1160. The average Bonchev–Trinajstić information content (AvgIpc) is 3.09. The summed E-state index contributed by atoms with van der Waals surface area (Å²) >= 11 is 7.92. The maximum Gasteiger partial charge on any atom is 0.263 e. The number of nitrogens with two attached hydrogens (primary N) is 1. The molecule has 5 rings (SSSR count). The number of halogens is 1. The number of pyridine rings is 1. The van der Waals surface area contributed by atoms with E-state index in [9.17, 15) is 4.79 Å². The second kappa shape index (κ2) is 8.18. The van der Waals surface area contributed by atoms with Crippen molar-refractivity contribution in [2.75, 3.05) is 43.4 Å². The van der Waals surface area contributed by atoms with Gasteiger partial charge >= 0.3 is 0 Å². The van der Waals surface area contributed by atoms with E-state index in [1.807, 2.05) is 31.2 Å². The summed E-state index contributed by atoms with van der Waals surface area (Å²) in [4.78, 5) is 21.0. The fourth-order valence-corrected chi connectivity index (χ4v) is 5.49. The van der Waals surface area contributed by atoms with E-state index in [1.165, 1.54) is 11.3 Å². The van der Waals surface area contributed by atoms with E-state index in [0.29, 0.717) is 28.6 Å². The first-order valence-electron chi connectivity index (χ1n) is 10.4. The summed E-state index contributed by atoms with van der Waals surface area (Å²) in [6.07, 6.45) is 0.658. The SMILES string of the molecule is Cc1ccc2c(N)c(C(=O)N[C@H]3COc4cc(N5CCNCC5)c(Cl)cc4C3)sc2n1. The number of aromatic nitrogens is 1. The first kappa shape index (κ1) is 20.4. The zero-order valence-electron chi connectivity index (χ0n) is 17.2. The van der Waals surface area contributed by atoms with Gasteiger partial charge in [0.15, 0.2) is 0 Å². The number of carbonyl (C=O) groups excluding carboxylic acids is 1. The Hall–Kier alpha value is -2.55. The molecule has 4 N–H and O–H groups in total. The van der Waals surface area contributed by atoms with Crippen LogP contribution >= 0.6 is 22.9 Å². The van der Waals surface area contributed by atoms with Crippen LogP contribution in [0.15, 0.2) is 24.3 Å². The number of nitrogens with zero attached hydrogens (tertiary/aromatic N) is 2. The molecule has 3 aromatic rings.